The maximum Gasteiger partial charge on any atom is 0.0270 e. The molecular formula is C11H16N3. The highest BCUT2D eigenvalue weighted by atomic mass is 15.2. The van der Waals surface area contributed by atoms with E-state index in [9.17, 15) is 0 Å². The second kappa shape index (κ2) is 5.08. The lowest BCUT2D eigenvalue weighted by Gasteiger charge is -2.26. The zero-order valence-corrected chi connectivity index (χ0v) is 8.39. The Morgan fingerprint density at radius 1 is 1.14 bits per heavy atom. The molecule has 0 spiro atoms. The van der Waals surface area contributed by atoms with Crippen molar-refractivity contribution >= 4 is 0 Å². The van der Waals surface area contributed by atoms with Crippen LogP contribution >= 0.6 is 0 Å². The number of pyridine rings is 1. The van der Waals surface area contributed by atoms with Crippen molar-refractivity contribution in [2.75, 3.05) is 32.7 Å². The van der Waals surface area contributed by atoms with Gasteiger partial charge in [0.1, 0.15) is 0 Å². The third-order valence-electron chi connectivity index (χ3n) is 2.61. The van der Waals surface area contributed by atoms with Crippen molar-refractivity contribution < 1.29 is 0 Å². The van der Waals surface area contributed by atoms with Gasteiger partial charge in [-0.25, -0.2) is 5.32 Å². The fraction of sp³-hybridized carbons (Fsp3) is 0.545. The van der Waals surface area contributed by atoms with Gasteiger partial charge in [0, 0.05) is 45.1 Å². The van der Waals surface area contributed by atoms with Crippen LogP contribution in [0.2, 0.25) is 0 Å². The van der Waals surface area contributed by atoms with E-state index in [4.69, 9.17) is 0 Å². The first-order valence-electron chi connectivity index (χ1n) is 5.20. The van der Waals surface area contributed by atoms with Crippen LogP contribution in [-0.4, -0.2) is 42.6 Å². The Balaban J connectivity index is 1.76. The van der Waals surface area contributed by atoms with E-state index >= 15 is 0 Å². The quantitative estimate of drug-likeness (QED) is 0.696. The summed E-state index contributed by atoms with van der Waals surface area (Å²) in [4.78, 5) is 6.49. The summed E-state index contributed by atoms with van der Waals surface area (Å²) in [5.74, 6) is 0. The Hall–Kier alpha value is -0.930. The molecule has 1 saturated heterocycles. The van der Waals surface area contributed by atoms with Crippen LogP contribution in [0.3, 0.4) is 0 Å². The lowest BCUT2D eigenvalue weighted by atomic mass is 10.2. The van der Waals surface area contributed by atoms with Crippen molar-refractivity contribution in [1.29, 1.82) is 0 Å². The van der Waals surface area contributed by atoms with Gasteiger partial charge in [-0.15, -0.1) is 0 Å². The molecule has 1 radical (unpaired) electrons. The van der Waals surface area contributed by atoms with Crippen molar-refractivity contribution in [3.8, 4) is 0 Å². The van der Waals surface area contributed by atoms with Gasteiger partial charge in [-0.2, -0.15) is 0 Å². The zero-order chi connectivity index (χ0) is 9.64. The molecule has 75 valence electrons. The number of aromatic nitrogens is 1. The molecule has 1 aromatic heterocycles. The highest BCUT2D eigenvalue weighted by Gasteiger charge is 2.09. The van der Waals surface area contributed by atoms with E-state index in [0.717, 1.165) is 39.1 Å². The van der Waals surface area contributed by atoms with Crippen LogP contribution < -0.4 is 5.32 Å². The van der Waals surface area contributed by atoms with E-state index in [1.807, 2.05) is 12.4 Å². The Morgan fingerprint density at radius 2 is 1.86 bits per heavy atom. The fourth-order valence-electron chi connectivity index (χ4n) is 1.71. The number of hydrogen-bond acceptors (Lipinski definition) is 2. The Morgan fingerprint density at radius 3 is 2.57 bits per heavy atom. The number of piperazine rings is 1. The molecule has 3 nitrogen and oxygen atoms in total. The molecule has 0 unspecified atom stereocenters. The summed E-state index contributed by atoms with van der Waals surface area (Å²) in [7, 11) is 0. The van der Waals surface area contributed by atoms with E-state index in [0.29, 0.717) is 0 Å². The topological polar surface area (TPSA) is 30.2 Å². The van der Waals surface area contributed by atoms with Crippen molar-refractivity contribution in [3.63, 3.8) is 0 Å². The van der Waals surface area contributed by atoms with Gasteiger partial charge in [0.2, 0.25) is 0 Å². The molecule has 1 aliphatic rings. The first-order chi connectivity index (χ1) is 6.95. The van der Waals surface area contributed by atoms with E-state index in [1.165, 1.54) is 5.56 Å². The summed E-state index contributed by atoms with van der Waals surface area (Å²) >= 11 is 0. The second-order valence-corrected chi connectivity index (χ2v) is 3.62. The average molecular weight is 190 g/mol. The fourth-order valence-corrected chi connectivity index (χ4v) is 1.71. The highest BCUT2D eigenvalue weighted by Crippen LogP contribution is 2.01. The smallest absolute Gasteiger partial charge is 0.0270 e. The largest absolute Gasteiger partial charge is 0.300 e. The van der Waals surface area contributed by atoms with Crippen LogP contribution in [0.4, 0.5) is 0 Å². The van der Waals surface area contributed by atoms with Crippen molar-refractivity contribution in [1.82, 2.24) is 15.2 Å². The van der Waals surface area contributed by atoms with Crippen LogP contribution in [0.15, 0.2) is 24.5 Å². The average Bonchev–Trinajstić information content (AvgIpc) is 2.29. The highest BCUT2D eigenvalue weighted by molar-refractivity contribution is 5.09. The third kappa shape index (κ3) is 2.79. The monoisotopic (exact) mass is 190 g/mol. The number of rotatable bonds is 3. The molecule has 14 heavy (non-hydrogen) atoms. The van der Waals surface area contributed by atoms with Gasteiger partial charge in [0.25, 0.3) is 0 Å². The van der Waals surface area contributed by atoms with Gasteiger partial charge in [-0.05, 0) is 24.1 Å². The summed E-state index contributed by atoms with van der Waals surface area (Å²) in [6.07, 6.45) is 4.85. The molecule has 0 atom stereocenters. The molecule has 0 aromatic carbocycles. The second-order valence-electron chi connectivity index (χ2n) is 3.62. The third-order valence-corrected chi connectivity index (χ3v) is 2.61. The molecular weight excluding hydrogens is 174 g/mol. The van der Waals surface area contributed by atoms with E-state index in [2.05, 4.69) is 27.3 Å². The Labute approximate surface area is 85.1 Å². The van der Waals surface area contributed by atoms with E-state index in [1.54, 1.807) is 0 Å². The predicted octanol–water partition coefficient (Wildman–Crippen LogP) is 0.544. The van der Waals surface area contributed by atoms with Gasteiger partial charge >= 0.3 is 0 Å². The molecule has 0 aliphatic carbocycles. The summed E-state index contributed by atoms with van der Waals surface area (Å²) in [5, 5.41) is 4.33. The molecule has 1 aromatic rings. The van der Waals surface area contributed by atoms with E-state index < -0.39 is 0 Å². The van der Waals surface area contributed by atoms with Crippen LogP contribution in [0.1, 0.15) is 5.56 Å². The SMILES string of the molecule is c1cc(CCN2CC[N]CC2)ccn1. The van der Waals surface area contributed by atoms with Crippen LogP contribution in [0.25, 0.3) is 0 Å². The maximum absolute atomic E-state index is 4.33. The minimum absolute atomic E-state index is 1.01. The summed E-state index contributed by atoms with van der Waals surface area (Å²) in [6.45, 7) is 5.43. The molecule has 0 N–H and O–H groups in total. The first kappa shape index (κ1) is 9.62. The minimum atomic E-state index is 1.01. The van der Waals surface area contributed by atoms with Crippen LogP contribution in [-0.2, 0) is 6.42 Å². The van der Waals surface area contributed by atoms with E-state index in [-0.39, 0.29) is 0 Å². The van der Waals surface area contributed by atoms with Crippen molar-refractivity contribution in [2.45, 2.75) is 6.42 Å². The molecule has 0 bridgehead atoms. The minimum Gasteiger partial charge on any atom is -0.300 e. The predicted molar refractivity (Wildman–Crippen MR) is 56.2 cm³/mol. The standard InChI is InChI=1S/C11H16N3/c1-4-12-5-2-11(1)3-8-14-9-6-13-7-10-14/h1-2,4-5H,3,6-10H2. The van der Waals surface area contributed by atoms with Gasteiger partial charge < -0.3 is 4.90 Å². The Kier molecular flexibility index (Phi) is 3.49. The lowest BCUT2D eigenvalue weighted by Crippen LogP contribution is -2.41. The molecule has 1 fully saturated rings. The summed E-state index contributed by atoms with van der Waals surface area (Å²) in [5.41, 5.74) is 1.38. The van der Waals surface area contributed by atoms with Crippen LogP contribution in [0.5, 0.6) is 0 Å². The molecule has 0 saturated carbocycles. The van der Waals surface area contributed by atoms with Crippen molar-refractivity contribution in [2.24, 2.45) is 0 Å². The van der Waals surface area contributed by atoms with Crippen LogP contribution in [0, 0.1) is 0 Å². The molecule has 0 amide bonds. The van der Waals surface area contributed by atoms with Gasteiger partial charge in [-0.3, -0.25) is 4.98 Å². The van der Waals surface area contributed by atoms with Gasteiger partial charge in [0.15, 0.2) is 0 Å². The first-order valence-corrected chi connectivity index (χ1v) is 5.20. The normalized spacial score (nSPS) is 18.3. The Bertz CT molecular complexity index is 254. The molecule has 2 rings (SSSR count). The van der Waals surface area contributed by atoms with Crippen molar-refractivity contribution in [3.05, 3.63) is 30.1 Å². The molecule has 1 aliphatic heterocycles. The van der Waals surface area contributed by atoms with Gasteiger partial charge in [0.05, 0.1) is 0 Å². The lowest BCUT2D eigenvalue weighted by molar-refractivity contribution is 0.241. The van der Waals surface area contributed by atoms with Gasteiger partial charge in [-0.1, -0.05) is 0 Å². The molecule has 3 heteroatoms. The number of hydrogen-bond donors (Lipinski definition) is 0. The summed E-state index contributed by atoms with van der Waals surface area (Å²) in [6, 6.07) is 4.18. The maximum atomic E-state index is 4.33. The molecule has 2 heterocycles. The number of nitrogens with zero attached hydrogens (tertiary/aromatic N) is 3. The zero-order valence-electron chi connectivity index (χ0n) is 8.39. The summed E-state index contributed by atoms with van der Waals surface area (Å²) < 4.78 is 0.